The minimum atomic E-state index is -0.570. The summed E-state index contributed by atoms with van der Waals surface area (Å²) in [6, 6.07) is 0. The maximum Gasteiger partial charge on any atom is 0.129 e. The first-order valence-electron chi connectivity index (χ1n) is 5.94. The number of phenolic OH excluding ortho intramolecular Hbond substituents is 1. The number of aliphatic hydroxyl groups is 1. The molecule has 1 aromatic rings. The van der Waals surface area contributed by atoms with Gasteiger partial charge >= 0.3 is 0 Å². The monoisotopic (exact) mass is 236 g/mol. The number of fused-ring (bicyclic) bond motifs is 1. The van der Waals surface area contributed by atoms with E-state index in [4.69, 9.17) is 4.74 Å². The molecule has 2 N–H and O–H groups in total. The summed E-state index contributed by atoms with van der Waals surface area (Å²) in [5.41, 5.74) is 2.84. The van der Waals surface area contributed by atoms with Crippen molar-refractivity contribution in [3.63, 3.8) is 0 Å². The number of ether oxygens (including phenoxy) is 1. The molecule has 1 heterocycles. The van der Waals surface area contributed by atoms with Gasteiger partial charge < -0.3 is 14.9 Å². The SMILES string of the molecule is Cc1c(C)c2c(c(C)c1O)C(O)CC(C)(C)O2. The van der Waals surface area contributed by atoms with E-state index < -0.39 is 6.10 Å². The second-order valence-electron chi connectivity index (χ2n) is 5.55. The molecule has 2 rings (SSSR count). The first kappa shape index (κ1) is 12.2. The maximum absolute atomic E-state index is 10.2. The van der Waals surface area contributed by atoms with E-state index in [0.717, 1.165) is 28.0 Å². The van der Waals surface area contributed by atoms with E-state index in [-0.39, 0.29) is 11.4 Å². The minimum absolute atomic E-state index is 0.267. The molecule has 1 unspecified atom stereocenters. The first-order valence-corrected chi connectivity index (χ1v) is 5.94. The zero-order chi connectivity index (χ0) is 13.0. The number of benzene rings is 1. The summed E-state index contributed by atoms with van der Waals surface area (Å²) < 4.78 is 5.97. The summed E-state index contributed by atoms with van der Waals surface area (Å²) in [4.78, 5) is 0. The van der Waals surface area contributed by atoms with Crippen LogP contribution in [0.3, 0.4) is 0 Å². The van der Waals surface area contributed by atoms with E-state index in [1.165, 1.54) is 0 Å². The molecule has 0 amide bonds. The topological polar surface area (TPSA) is 49.7 Å². The predicted molar refractivity (Wildman–Crippen MR) is 66.6 cm³/mol. The van der Waals surface area contributed by atoms with Crippen molar-refractivity contribution in [2.24, 2.45) is 0 Å². The Balaban J connectivity index is 2.72. The Bertz CT molecular complexity index is 475. The average Bonchev–Trinajstić information content (AvgIpc) is 2.21. The number of aromatic hydroxyl groups is 1. The highest BCUT2D eigenvalue weighted by Gasteiger charge is 2.36. The largest absolute Gasteiger partial charge is 0.507 e. The minimum Gasteiger partial charge on any atom is -0.507 e. The number of hydrogen-bond acceptors (Lipinski definition) is 3. The van der Waals surface area contributed by atoms with Crippen LogP contribution in [0, 0.1) is 20.8 Å². The smallest absolute Gasteiger partial charge is 0.129 e. The third kappa shape index (κ3) is 1.78. The molecular weight excluding hydrogens is 216 g/mol. The van der Waals surface area contributed by atoms with Crippen molar-refractivity contribution in [2.75, 3.05) is 0 Å². The van der Waals surface area contributed by atoms with Crippen LogP contribution in [0.4, 0.5) is 0 Å². The Morgan fingerprint density at radius 2 is 1.71 bits per heavy atom. The molecule has 1 aliphatic heterocycles. The molecule has 0 bridgehead atoms. The molecule has 3 heteroatoms. The van der Waals surface area contributed by atoms with E-state index in [2.05, 4.69) is 0 Å². The van der Waals surface area contributed by atoms with Crippen molar-refractivity contribution < 1.29 is 14.9 Å². The van der Waals surface area contributed by atoms with Crippen molar-refractivity contribution in [1.29, 1.82) is 0 Å². The van der Waals surface area contributed by atoms with Gasteiger partial charge in [-0.2, -0.15) is 0 Å². The van der Waals surface area contributed by atoms with Gasteiger partial charge in [-0.1, -0.05) is 0 Å². The second kappa shape index (κ2) is 3.64. The van der Waals surface area contributed by atoms with E-state index in [9.17, 15) is 10.2 Å². The second-order valence-corrected chi connectivity index (χ2v) is 5.55. The van der Waals surface area contributed by atoms with Crippen molar-refractivity contribution in [3.8, 4) is 11.5 Å². The average molecular weight is 236 g/mol. The molecule has 1 aromatic carbocycles. The van der Waals surface area contributed by atoms with E-state index in [1.807, 2.05) is 34.6 Å². The summed E-state index contributed by atoms with van der Waals surface area (Å²) in [6.45, 7) is 9.55. The highest BCUT2D eigenvalue weighted by atomic mass is 16.5. The van der Waals surface area contributed by atoms with Crippen LogP contribution in [0.15, 0.2) is 0 Å². The molecule has 0 aliphatic carbocycles. The van der Waals surface area contributed by atoms with Crippen molar-refractivity contribution in [3.05, 3.63) is 22.3 Å². The zero-order valence-corrected chi connectivity index (χ0v) is 11.1. The molecule has 1 aliphatic rings. The Morgan fingerprint density at radius 3 is 2.29 bits per heavy atom. The van der Waals surface area contributed by atoms with Crippen LogP contribution in [0.1, 0.15) is 48.6 Å². The highest BCUT2D eigenvalue weighted by Crippen LogP contribution is 2.47. The van der Waals surface area contributed by atoms with Gasteiger partial charge in [0, 0.05) is 17.5 Å². The highest BCUT2D eigenvalue weighted by molar-refractivity contribution is 5.59. The quantitative estimate of drug-likeness (QED) is 0.728. The van der Waals surface area contributed by atoms with Gasteiger partial charge in [0.25, 0.3) is 0 Å². The Morgan fingerprint density at radius 1 is 1.12 bits per heavy atom. The lowest BCUT2D eigenvalue weighted by Crippen LogP contribution is -2.35. The van der Waals surface area contributed by atoms with Gasteiger partial charge in [-0.25, -0.2) is 0 Å². The maximum atomic E-state index is 10.2. The molecule has 0 saturated heterocycles. The molecule has 3 nitrogen and oxygen atoms in total. The van der Waals surface area contributed by atoms with Crippen LogP contribution in [0.5, 0.6) is 11.5 Å². The number of hydrogen-bond donors (Lipinski definition) is 2. The zero-order valence-electron chi connectivity index (χ0n) is 11.1. The number of phenols is 1. The fourth-order valence-corrected chi connectivity index (χ4v) is 2.55. The van der Waals surface area contributed by atoms with Gasteiger partial charge in [0.2, 0.25) is 0 Å². The number of aliphatic hydroxyl groups excluding tert-OH is 1. The summed E-state index contributed by atoms with van der Waals surface area (Å²) in [5, 5.41) is 20.3. The van der Waals surface area contributed by atoms with E-state index >= 15 is 0 Å². The lowest BCUT2D eigenvalue weighted by Gasteiger charge is -2.37. The normalized spacial score (nSPS) is 21.9. The van der Waals surface area contributed by atoms with Crippen LogP contribution in [-0.4, -0.2) is 15.8 Å². The van der Waals surface area contributed by atoms with Gasteiger partial charge in [0.15, 0.2) is 0 Å². The summed E-state index contributed by atoms with van der Waals surface area (Å²) in [7, 11) is 0. The van der Waals surface area contributed by atoms with Gasteiger partial charge in [0.05, 0.1) is 6.10 Å². The summed E-state index contributed by atoms with van der Waals surface area (Å²) in [6.07, 6.45) is -0.0260. The number of rotatable bonds is 0. The first-order chi connectivity index (χ1) is 7.74. The van der Waals surface area contributed by atoms with Crippen LogP contribution in [0.2, 0.25) is 0 Å². The molecule has 0 saturated carbocycles. The molecule has 94 valence electrons. The lowest BCUT2D eigenvalue weighted by molar-refractivity contribution is 0.0102. The molecule has 0 aromatic heterocycles. The molecule has 0 spiro atoms. The van der Waals surface area contributed by atoms with Crippen molar-refractivity contribution in [1.82, 2.24) is 0 Å². The van der Waals surface area contributed by atoms with Gasteiger partial charge in [-0.3, -0.25) is 0 Å². The lowest BCUT2D eigenvalue weighted by atomic mass is 9.86. The Hall–Kier alpha value is -1.22. The van der Waals surface area contributed by atoms with Crippen molar-refractivity contribution >= 4 is 0 Å². The van der Waals surface area contributed by atoms with E-state index in [0.29, 0.717) is 6.42 Å². The van der Waals surface area contributed by atoms with Gasteiger partial charge in [-0.15, -0.1) is 0 Å². The Labute approximate surface area is 102 Å². The van der Waals surface area contributed by atoms with Crippen LogP contribution < -0.4 is 4.74 Å². The van der Waals surface area contributed by atoms with Gasteiger partial charge in [0.1, 0.15) is 17.1 Å². The van der Waals surface area contributed by atoms with Crippen LogP contribution in [0.25, 0.3) is 0 Å². The molecule has 0 fully saturated rings. The van der Waals surface area contributed by atoms with Crippen LogP contribution >= 0.6 is 0 Å². The van der Waals surface area contributed by atoms with Crippen molar-refractivity contribution in [2.45, 2.75) is 52.7 Å². The third-order valence-electron chi connectivity index (χ3n) is 3.66. The molecular formula is C14H20O3. The summed E-state index contributed by atoms with van der Waals surface area (Å²) >= 11 is 0. The molecule has 0 radical (unpaired) electrons. The fourth-order valence-electron chi connectivity index (χ4n) is 2.55. The van der Waals surface area contributed by atoms with Gasteiger partial charge in [-0.05, 0) is 45.7 Å². The predicted octanol–water partition coefficient (Wildman–Crippen LogP) is 2.91. The third-order valence-corrected chi connectivity index (χ3v) is 3.66. The molecule has 1 atom stereocenters. The summed E-state index contributed by atoms with van der Waals surface area (Å²) in [5.74, 6) is 1.00. The Kier molecular flexibility index (Phi) is 2.62. The van der Waals surface area contributed by atoms with E-state index in [1.54, 1.807) is 0 Å². The van der Waals surface area contributed by atoms with Crippen LogP contribution in [-0.2, 0) is 0 Å². The molecule has 17 heavy (non-hydrogen) atoms. The fraction of sp³-hybridized carbons (Fsp3) is 0.571. The standard InChI is InChI=1S/C14H20O3/c1-7-8(2)13-11(9(3)12(7)16)10(15)6-14(4,5)17-13/h10,15-16H,6H2,1-5H3.